The first-order valence-electron chi connectivity index (χ1n) is 6.07. The summed E-state index contributed by atoms with van der Waals surface area (Å²) in [4.78, 5) is 15.9. The molecule has 0 aliphatic carbocycles. The Hall–Kier alpha value is -1.56. The van der Waals surface area contributed by atoms with Gasteiger partial charge in [-0.25, -0.2) is 9.78 Å². The van der Waals surface area contributed by atoms with Crippen LogP contribution in [0.2, 0.25) is 0 Å². The summed E-state index contributed by atoms with van der Waals surface area (Å²) in [5.74, 6) is 0.554. The summed E-state index contributed by atoms with van der Waals surface area (Å²) in [6.45, 7) is 6.43. The number of nitrogens with two attached hydrogens (primary N) is 1. The van der Waals surface area contributed by atoms with E-state index in [9.17, 15) is 4.79 Å². The minimum atomic E-state index is -0.482. The maximum Gasteiger partial charge on any atom is 0.360 e. The van der Waals surface area contributed by atoms with Crippen molar-refractivity contribution in [3.63, 3.8) is 0 Å². The quantitative estimate of drug-likeness (QED) is 0.780. The number of imidazole rings is 1. The van der Waals surface area contributed by atoms with Gasteiger partial charge in [0.2, 0.25) is 0 Å². The molecule has 1 unspecified atom stereocenters. The third-order valence-electron chi connectivity index (χ3n) is 2.79. The van der Waals surface area contributed by atoms with Crippen molar-refractivity contribution in [3.8, 4) is 0 Å². The summed E-state index contributed by atoms with van der Waals surface area (Å²) in [6.07, 6.45) is 0.845. The van der Waals surface area contributed by atoms with Crippen molar-refractivity contribution in [2.45, 2.75) is 33.2 Å². The summed E-state index contributed by atoms with van der Waals surface area (Å²) < 4.78 is 11.9. The molecule has 0 bridgehead atoms. The fourth-order valence-corrected chi connectivity index (χ4v) is 1.94. The molecule has 102 valence electrons. The third-order valence-corrected chi connectivity index (χ3v) is 2.79. The van der Waals surface area contributed by atoms with E-state index in [0.29, 0.717) is 24.9 Å². The van der Waals surface area contributed by atoms with Crippen LogP contribution in [0.4, 0.5) is 5.82 Å². The van der Waals surface area contributed by atoms with Gasteiger partial charge in [-0.05, 0) is 20.3 Å². The standard InChI is InChI=1S/C12H21N3O3/c1-5-9(7-17-4)15-8(3)14-10(11(15)13)12(16)18-6-2/h9H,5-7,13H2,1-4H3. The molecule has 1 rings (SSSR count). The van der Waals surface area contributed by atoms with E-state index in [1.54, 1.807) is 14.0 Å². The first kappa shape index (κ1) is 14.5. The van der Waals surface area contributed by atoms with Gasteiger partial charge in [-0.3, -0.25) is 0 Å². The summed E-state index contributed by atoms with van der Waals surface area (Å²) >= 11 is 0. The van der Waals surface area contributed by atoms with E-state index in [2.05, 4.69) is 4.98 Å². The Morgan fingerprint density at radius 2 is 2.17 bits per heavy atom. The second kappa shape index (κ2) is 6.39. The number of aryl methyl sites for hydroxylation is 1. The number of nitrogen functional groups attached to an aromatic ring is 1. The zero-order valence-electron chi connectivity index (χ0n) is 11.4. The number of hydrogen-bond acceptors (Lipinski definition) is 5. The molecule has 0 fully saturated rings. The van der Waals surface area contributed by atoms with Crippen LogP contribution < -0.4 is 5.73 Å². The molecule has 6 heteroatoms. The molecule has 6 nitrogen and oxygen atoms in total. The lowest BCUT2D eigenvalue weighted by Gasteiger charge is -2.18. The second-order valence-corrected chi connectivity index (χ2v) is 4.00. The molecule has 0 amide bonds. The van der Waals surface area contributed by atoms with E-state index >= 15 is 0 Å². The van der Waals surface area contributed by atoms with E-state index in [1.165, 1.54) is 0 Å². The van der Waals surface area contributed by atoms with Crippen molar-refractivity contribution >= 4 is 11.8 Å². The summed E-state index contributed by atoms with van der Waals surface area (Å²) in [7, 11) is 1.64. The number of esters is 1. The van der Waals surface area contributed by atoms with Gasteiger partial charge >= 0.3 is 5.97 Å². The lowest BCUT2D eigenvalue weighted by molar-refractivity contribution is 0.0521. The predicted octanol–water partition coefficient (Wildman–Crippen LogP) is 1.55. The van der Waals surface area contributed by atoms with Crippen LogP contribution in [0.25, 0.3) is 0 Å². The molecular formula is C12H21N3O3. The predicted molar refractivity (Wildman–Crippen MR) is 68.5 cm³/mol. The van der Waals surface area contributed by atoms with Gasteiger partial charge in [0.05, 0.1) is 19.3 Å². The van der Waals surface area contributed by atoms with Gasteiger partial charge in [-0.2, -0.15) is 0 Å². The number of rotatable bonds is 6. The zero-order valence-corrected chi connectivity index (χ0v) is 11.4. The average molecular weight is 255 g/mol. The lowest BCUT2D eigenvalue weighted by Crippen LogP contribution is -2.18. The SMILES string of the molecule is CCOC(=O)c1nc(C)n(C(CC)COC)c1N. The molecule has 2 N–H and O–H groups in total. The normalized spacial score (nSPS) is 12.4. The maximum atomic E-state index is 11.7. The highest BCUT2D eigenvalue weighted by Gasteiger charge is 2.23. The number of hydrogen-bond donors (Lipinski definition) is 1. The zero-order chi connectivity index (χ0) is 13.7. The van der Waals surface area contributed by atoms with Gasteiger partial charge in [-0.15, -0.1) is 0 Å². The molecular weight excluding hydrogens is 234 g/mol. The number of anilines is 1. The number of carbonyl (C=O) groups is 1. The van der Waals surface area contributed by atoms with Crippen molar-refractivity contribution in [2.75, 3.05) is 26.1 Å². The van der Waals surface area contributed by atoms with Crippen LogP contribution in [-0.4, -0.2) is 35.8 Å². The largest absolute Gasteiger partial charge is 0.461 e. The van der Waals surface area contributed by atoms with Crippen molar-refractivity contribution in [2.24, 2.45) is 0 Å². The lowest BCUT2D eigenvalue weighted by atomic mass is 10.2. The van der Waals surface area contributed by atoms with Crippen molar-refractivity contribution in [1.29, 1.82) is 0 Å². The number of carbonyl (C=O) groups excluding carboxylic acids is 1. The van der Waals surface area contributed by atoms with Gasteiger partial charge in [0, 0.05) is 7.11 Å². The maximum absolute atomic E-state index is 11.7. The smallest absolute Gasteiger partial charge is 0.360 e. The highest BCUT2D eigenvalue weighted by Crippen LogP contribution is 2.23. The van der Waals surface area contributed by atoms with Gasteiger partial charge in [-0.1, -0.05) is 6.92 Å². The van der Waals surface area contributed by atoms with Crippen LogP contribution in [0.1, 0.15) is 42.6 Å². The van der Waals surface area contributed by atoms with Gasteiger partial charge in [0.1, 0.15) is 11.6 Å². The Kier molecular flexibility index (Phi) is 5.15. The van der Waals surface area contributed by atoms with Crippen molar-refractivity contribution in [3.05, 3.63) is 11.5 Å². The Morgan fingerprint density at radius 1 is 1.50 bits per heavy atom. The topological polar surface area (TPSA) is 79.4 Å². The minimum Gasteiger partial charge on any atom is -0.461 e. The highest BCUT2D eigenvalue weighted by atomic mass is 16.5. The van der Waals surface area contributed by atoms with E-state index in [-0.39, 0.29) is 11.7 Å². The number of methoxy groups -OCH3 is 1. The monoisotopic (exact) mass is 255 g/mol. The van der Waals surface area contributed by atoms with Crippen LogP contribution in [0.5, 0.6) is 0 Å². The molecule has 1 aromatic rings. The van der Waals surface area contributed by atoms with Crippen molar-refractivity contribution < 1.29 is 14.3 Å². The van der Waals surface area contributed by atoms with Gasteiger partial charge < -0.3 is 19.8 Å². The fourth-order valence-electron chi connectivity index (χ4n) is 1.94. The average Bonchev–Trinajstić information content (AvgIpc) is 2.63. The van der Waals surface area contributed by atoms with Gasteiger partial charge in [0.15, 0.2) is 5.69 Å². The summed E-state index contributed by atoms with van der Waals surface area (Å²) in [5.41, 5.74) is 6.17. The van der Waals surface area contributed by atoms with Crippen LogP contribution in [-0.2, 0) is 9.47 Å². The van der Waals surface area contributed by atoms with E-state index in [4.69, 9.17) is 15.2 Å². The molecule has 0 aliphatic rings. The van der Waals surface area contributed by atoms with E-state index in [0.717, 1.165) is 6.42 Å². The van der Waals surface area contributed by atoms with Crippen LogP contribution in [0, 0.1) is 6.92 Å². The first-order chi connectivity index (χ1) is 8.56. The minimum absolute atomic E-state index is 0.0747. The van der Waals surface area contributed by atoms with E-state index < -0.39 is 5.97 Å². The molecule has 1 aromatic heterocycles. The van der Waals surface area contributed by atoms with E-state index in [1.807, 2.05) is 18.4 Å². The Bertz CT molecular complexity index is 415. The molecule has 0 aliphatic heterocycles. The fraction of sp³-hybridized carbons (Fsp3) is 0.667. The molecule has 0 spiro atoms. The number of ether oxygens (including phenoxy) is 2. The molecule has 1 heterocycles. The third kappa shape index (κ3) is 2.81. The molecule has 0 saturated carbocycles. The molecule has 0 aromatic carbocycles. The second-order valence-electron chi connectivity index (χ2n) is 4.00. The van der Waals surface area contributed by atoms with Crippen LogP contribution >= 0.6 is 0 Å². The summed E-state index contributed by atoms with van der Waals surface area (Å²) in [6, 6.07) is 0.0747. The Labute approximate surface area is 107 Å². The number of nitrogens with zero attached hydrogens (tertiary/aromatic N) is 2. The Morgan fingerprint density at radius 3 is 2.67 bits per heavy atom. The molecule has 0 radical (unpaired) electrons. The summed E-state index contributed by atoms with van der Waals surface area (Å²) in [5, 5.41) is 0. The molecule has 1 atom stereocenters. The molecule has 18 heavy (non-hydrogen) atoms. The highest BCUT2D eigenvalue weighted by molar-refractivity contribution is 5.92. The first-order valence-corrected chi connectivity index (χ1v) is 6.07. The van der Waals surface area contributed by atoms with Crippen LogP contribution in [0.15, 0.2) is 0 Å². The van der Waals surface area contributed by atoms with Crippen molar-refractivity contribution in [1.82, 2.24) is 9.55 Å². The Balaban J connectivity index is 3.10. The van der Waals surface area contributed by atoms with Crippen LogP contribution in [0.3, 0.4) is 0 Å². The van der Waals surface area contributed by atoms with Gasteiger partial charge in [0.25, 0.3) is 0 Å². The number of aromatic nitrogens is 2. The molecule has 0 saturated heterocycles.